The Labute approximate surface area is 323 Å². The second kappa shape index (κ2) is 12.0. The highest BCUT2D eigenvalue weighted by atomic mass is 15.0. The Morgan fingerprint density at radius 3 is 1.73 bits per heavy atom. The maximum atomic E-state index is 2.41. The lowest BCUT2D eigenvalue weighted by atomic mass is 9.90. The van der Waals surface area contributed by atoms with Gasteiger partial charge in [0.05, 0.1) is 22.1 Å². The Bertz CT molecular complexity index is 3470. The highest BCUT2D eigenvalue weighted by molar-refractivity contribution is 6.27. The van der Waals surface area contributed by atoms with E-state index in [2.05, 4.69) is 215 Å². The van der Waals surface area contributed by atoms with Crippen LogP contribution in [0.25, 0.3) is 111 Å². The predicted octanol–water partition coefficient (Wildman–Crippen LogP) is 14.6. The minimum Gasteiger partial charge on any atom is -0.309 e. The first-order chi connectivity index (χ1) is 27.8. The van der Waals surface area contributed by atoms with Crippen LogP contribution in [0.4, 0.5) is 0 Å². The molecular weight excluding hydrogens is 677 g/mol. The summed E-state index contributed by atoms with van der Waals surface area (Å²) >= 11 is 0. The van der Waals surface area contributed by atoms with Gasteiger partial charge in [-0.15, -0.1) is 0 Å². The third kappa shape index (κ3) is 4.57. The summed E-state index contributed by atoms with van der Waals surface area (Å²) in [6.45, 7) is 0. The fourth-order valence-electron chi connectivity index (χ4n) is 9.36. The summed E-state index contributed by atoms with van der Waals surface area (Å²) in [5.41, 5.74) is 12.2. The molecular formula is C54H34N2. The van der Waals surface area contributed by atoms with Crippen LogP contribution in [0.15, 0.2) is 194 Å². The van der Waals surface area contributed by atoms with Gasteiger partial charge in [-0.3, -0.25) is 0 Å². The highest BCUT2D eigenvalue weighted by Gasteiger charge is 2.20. The van der Waals surface area contributed by atoms with E-state index in [1.165, 1.54) is 110 Å². The largest absolute Gasteiger partial charge is 0.309 e. The van der Waals surface area contributed by atoms with E-state index in [9.17, 15) is 0 Å². The van der Waals surface area contributed by atoms with Gasteiger partial charge >= 0.3 is 0 Å². The molecule has 0 spiro atoms. The van der Waals surface area contributed by atoms with Crippen molar-refractivity contribution in [2.45, 2.75) is 0 Å². The van der Waals surface area contributed by atoms with E-state index in [0.717, 1.165) is 0 Å². The minimum atomic E-state index is 1.18. The zero-order valence-corrected chi connectivity index (χ0v) is 30.5. The molecule has 0 aliphatic heterocycles. The Kier molecular flexibility index (Phi) is 6.66. The van der Waals surface area contributed by atoms with Crippen LogP contribution in [-0.4, -0.2) is 9.13 Å². The molecule has 2 aromatic heterocycles. The van der Waals surface area contributed by atoms with E-state index in [0.29, 0.717) is 0 Å². The average Bonchev–Trinajstić information content (AvgIpc) is 3.79. The zero-order chi connectivity index (χ0) is 36.7. The second-order valence-electron chi connectivity index (χ2n) is 14.9. The molecule has 56 heavy (non-hydrogen) atoms. The second-order valence-corrected chi connectivity index (χ2v) is 14.9. The molecule has 0 saturated heterocycles. The lowest BCUT2D eigenvalue weighted by molar-refractivity contribution is 1.18. The van der Waals surface area contributed by atoms with Gasteiger partial charge in [0.15, 0.2) is 0 Å². The third-order valence-corrected chi connectivity index (χ3v) is 11.9. The molecule has 2 heterocycles. The molecule has 0 aliphatic carbocycles. The molecule has 12 rings (SSSR count). The van der Waals surface area contributed by atoms with Crippen LogP contribution in [-0.2, 0) is 0 Å². The summed E-state index contributed by atoms with van der Waals surface area (Å²) < 4.78 is 4.80. The molecule has 0 bridgehead atoms. The Hall–Kier alpha value is -7.42. The monoisotopic (exact) mass is 710 g/mol. The van der Waals surface area contributed by atoms with E-state index >= 15 is 0 Å². The first-order valence-electron chi connectivity index (χ1n) is 19.3. The maximum Gasteiger partial charge on any atom is 0.0547 e. The number of hydrogen-bond acceptors (Lipinski definition) is 0. The van der Waals surface area contributed by atoms with Crippen LogP contribution in [0.1, 0.15) is 11.1 Å². The topological polar surface area (TPSA) is 9.86 Å². The maximum absolute atomic E-state index is 2.41. The molecule has 0 unspecified atom stereocenters. The van der Waals surface area contributed by atoms with Crippen LogP contribution in [0.3, 0.4) is 0 Å². The van der Waals surface area contributed by atoms with Gasteiger partial charge in [0.2, 0.25) is 0 Å². The van der Waals surface area contributed by atoms with Crippen molar-refractivity contribution in [3.8, 4) is 22.5 Å². The van der Waals surface area contributed by atoms with Gasteiger partial charge in [-0.05, 0) is 109 Å². The van der Waals surface area contributed by atoms with Gasteiger partial charge in [0.25, 0.3) is 0 Å². The van der Waals surface area contributed by atoms with Crippen molar-refractivity contribution in [2.24, 2.45) is 0 Å². The molecule has 2 nitrogen and oxygen atoms in total. The van der Waals surface area contributed by atoms with Crippen molar-refractivity contribution in [2.75, 3.05) is 0 Å². The van der Waals surface area contributed by atoms with E-state index in [1.807, 2.05) is 0 Å². The lowest BCUT2D eigenvalue weighted by Crippen LogP contribution is -1.93. The lowest BCUT2D eigenvalue weighted by Gasteiger charge is -2.13. The van der Waals surface area contributed by atoms with E-state index in [1.54, 1.807) is 0 Å². The first kappa shape index (κ1) is 31.0. The molecule has 0 aliphatic rings. The van der Waals surface area contributed by atoms with Gasteiger partial charge in [-0.25, -0.2) is 0 Å². The standard InChI is InChI=1S/C54H34N2/c1-2-12-40(13-3-1)55-51-20-10-11-37-27-30-48-45(31-32-52(55)54(48)53(37)51)44-29-26-36(42-14-4-5-15-43(42)44)23-21-35-22-24-39-34-41(28-25-38(39)33-35)56-49-18-8-6-16-46(49)47-17-7-9-19-50(47)56/h1-34H. The fraction of sp³-hybridized carbons (Fsp3) is 0. The summed E-state index contributed by atoms with van der Waals surface area (Å²) in [4.78, 5) is 0. The summed E-state index contributed by atoms with van der Waals surface area (Å²) in [5.74, 6) is 0. The SMILES string of the molecule is C(=Cc1ccc(-c2ccc3c4c2ccc2cccc(c24)n3-c2ccccc2)c2ccccc12)c1ccc2cc(-n3c4ccccc4c4ccccc43)ccc2c1. The fourth-order valence-corrected chi connectivity index (χ4v) is 9.36. The molecule has 0 atom stereocenters. The predicted molar refractivity (Wildman–Crippen MR) is 240 cm³/mol. The van der Waals surface area contributed by atoms with Crippen molar-refractivity contribution in [1.82, 2.24) is 9.13 Å². The van der Waals surface area contributed by atoms with Crippen molar-refractivity contribution < 1.29 is 0 Å². The van der Waals surface area contributed by atoms with E-state index < -0.39 is 0 Å². The highest BCUT2D eigenvalue weighted by Crippen LogP contribution is 2.44. The van der Waals surface area contributed by atoms with Crippen LogP contribution in [0.2, 0.25) is 0 Å². The number of rotatable bonds is 5. The number of nitrogens with zero attached hydrogens (tertiary/aromatic N) is 2. The summed E-state index contributed by atoms with van der Waals surface area (Å²) in [6, 6.07) is 71.1. The normalized spacial score (nSPS) is 12.2. The molecule has 0 radical (unpaired) electrons. The van der Waals surface area contributed by atoms with Gasteiger partial charge in [-0.2, -0.15) is 0 Å². The number of para-hydroxylation sites is 3. The average molecular weight is 711 g/mol. The molecule has 0 fully saturated rings. The Morgan fingerprint density at radius 1 is 0.304 bits per heavy atom. The van der Waals surface area contributed by atoms with Gasteiger partial charge in [0.1, 0.15) is 0 Å². The molecule has 0 N–H and O–H groups in total. The molecule has 0 saturated carbocycles. The molecule has 12 aromatic rings. The number of fused-ring (bicyclic) bond motifs is 5. The van der Waals surface area contributed by atoms with Gasteiger partial charge in [-0.1, -0.05) is 152 Å². The number of aromatic nitrogens is 2. The first-order valence-corrected chi connectivity index (χ1v) is 19.3. The van der Waals surface area contributed by atoms with Crippen molar-refractivity contribution in [1.29, 1.82) is 0 Å². The summed E-state index contributed by atoms with van der Waals surface area (Å²) in [5, 5.41) is 12.7. The molecule has 260 valence electrons. The molecule has 0 amide bonds. The number of benzene rings is 10. The zero-order valence-electron chi connectivity index (χ0n) is 30.5. The van der Waals surface area contributed by atoms with E-state index in [-0.39, 0.29) is 0 Å². The smallest absolute Gasteiger partial charge is 0.0547 e. The van der Waals surface area contributed by atoms with Crippen LogP contribution >= 0.6 is 0 Å². The Morgan fingerprint density at radius 2 is 0.911 bits per heavy atom. The summed E-state index contributed by atoms with van der Waals surface area (Å²) in [6.07, 6.45) is 4.52. The van der Waals surface area contributed by atoms with Gasteiger partial charge < -0.3 is 9.13 Å². The van der Waals surface area contributed by atoms with Crippen LogP contribution in [0, 0.1) is 0 Å². The van der Waals surface area contributed by atoms with Crippen molar-refractivity contribution >= 4 is 88.1 Å². The quantitative estimate of drug-likeness (QED) is 0.124. The van der Waals surface area contributed by atoms with Crippen LogP contribution in [0.5, 0.6) is 0 Å². The van der Waals surface area contributed by atoms with Gasteiger partial charge in [0, 0.05) is 32.9 Å². The molecule has 10 aromatic carbocycles. The minimum absolute atomic E-state index is 1.18. The molecule has 2 heteroatoms. The van der Waals surface area contributed by atoms with E-state index in [4.69, 9.17) is 0 Å². The summed E-state index contributed by atoms with van der Waals surface area (Å²) in [7, 11) is 0. The number of hydrogen-bond donors (Lipinski definition) is 0. The Balaban J connectivity index is 0.932. The van der Waals surface area contributed by atoms with Crippen LogP contribution < -0.4 is 0 Å². The van der Waals surface area contributed by atoms with Crippen molar-refractivity contribution in [3.05, 3.63) is 205 Å². The third-order valence-electron chi connectivity index (χ3n) is 11.9. The van der Waals surface area contributed by atoms with Crippen molar-refractivity contribution in [3.63, 3.8) is 0 Å².